The molecule has 0 spiro atoms. The zero-order chi connectivity index (χ0) is 21.9. The van der Waals surface area contributed by atoms with Gasteiger partial charge in [-0.1, -0.05) is 18.2 Å². The van der Waals surface area contributed by atoms with Crippen LogP contribution in [0.15, 0.2) is 41.3 Å². The number of anilines is 1. The number of hydrogen-bond acceptors (Lipinski definition) is 5. The van der Waals surface area contributed by atoms with Gasteiger partial charge in [0.25, 0.3) is 0 Å². The smallest absolute Gasteiger partial charge is 0.243 e. The van der Waals surface area contributed by atoms with Crippen LogP contribution in [-0.2, 0) is 14.8 Å². The fraction of sp³-hybridized carbons (Fsp3) is 0.409. The van der Waals surface area contributed by atoms with Crippen LogP contribution in [0.4, 0.5) is 5.69 Å². The van der Waals surface area contributed by atoms with Crippen molar-refractivity contribution in [2.24, 2.45) is 5.92 Å². The molecule has 2 aromatic carbocycles. The number of amides is 1. The Labute approximate surface area is 178 Å². The molecule has 1 fully saturated rings. The molecule has 0 aromatic heterocycles. The number of nitrogens with zero attached hydrogens (tertiary/aromatic N) is 1. The minimum absolute atomic E-state index is 0.121. The summed E-state index contributed by atoms with van der Waals surface area (Å²) in [5.41, 5.74) is 2.75. The van der Waals surface area contributed by atoms with Crippen molar-refractivity contribution in [2.75, 3.05) is 32.6 Å². The average molecular weight is 433 g/mol. The molecule has 0 radical (unpaired) electrons. The number of piperidine rings is 1. The number of methoxy groups -OCH3 is 2. The molecule has 1 aliphatic heterocycles. The third-order valence-corrected chi connectivity index (χ3v) is 7.34. The molecule has 7 nitrogen and oxygen atoms in total. The molecule has 1 N–H and O–H groups in total. The summed E-state index contributed by atoms with van der Waals surface area (Å²) in [7, 11) is -0.800. The molecule has 8 heteroatoms. The van der Waals surface area contributed by atoms with Crippen LogP contribution in [-0.4, -0.2) is 45.9 Å². The van der Waals surface area contributed by atoms with Crippen LogP contribution in [0.25, 0.3) is 0 Å². The van der Waals surface area contributed by atoms with Crippen molar-refractivity contribution in [1.29, 1.82) is 0 Å². The van der Waals surface area contributed by atoms with Gasteiger partial charge in [0.15, 0.2) is 11.5 Å². The van der Waals surface area contributed by atoms with E-state index in [1.165, 1.54) is 30.7 Å². The highest BCUT2D eigenvalue weighted by molar-refractivity contribution is 7.89. The Hall–Kier alpha value is -2.58. The molecule has 1 heterocycles. The first-order chi connectivity index (χ1) is 14.3. The zero-order valence-electron chi connectivity index (χ0n) is 17.8. The second-order valence-electron chi connectivity index (χ2n) is 7.48. The van der Waals surface area contributed by atoms with Gasteiger partial charge in [0, 0.05) is 24.8 Å². The molecular formula is C22H28N2O5S. The first-order valence-electron chi connectivity index (χ1n) is 9.87. The minimum atomic E-state index is -3.76. The molecule has 3 rings (SSSR count). The minimum Gasteiger partial charge on any atom is -0.493 e. The third kappa shape index (κ3) is 4.44. The van der Waals surface area contributed by atoms with Crippen molar-refractivity contribution in [3.8, 4) is 11.5 Å². The molecule has 1 amide bonds. The SMILES string of the molecule is COc1ccc(S(=O)(=O)N2CCC[C@@H](C(=O)Nc3c(C)cccc3C)C2)cc1OC. The van der Waals surface area contributed by atoms with Gasteiger partial charge >= 0.3 is 0 Å². The van der Waals surface area contributed by atoms with Crippen LogP contribution < -0.4 is 14.8 Å². The monoisotopic (exact) mass is 432 g/mol. The van der Waals surface area contributed by atoms with E-state index in [9.17, 15) is 13.2 Å². The van der Waals surface area contributed by atoms with Crippen molar-refractivity contribution >= 4 is 21.6 Å². The maximum Gasteiger partial charge on any atom is 0.243 e. The molecule has 0 unspecified atom stereocenters. The first-order valence-corrected chi connectivity index (χ1v) is 11.3. The summed E-state index contributed by atoms with van der Waals surface area (Å²) < 4.78 is 38.2. The molecule has 0 aliphatic carbocycles. The molecule has 1 atom stereocenters. The Kier molecular flexibility index (Phi) is 6.67. The second kappa shape index (κ2) is 9.06. The van der Waals surface area contributed by atoms with Crippen LogP contribution >= 0.6 is 0 Å². The Morgan fingerprint density at radius 2 is 1.73 bits per heavy atom. The van der Waals surface area contributed by atoms with Gasteiger partial charge in [-0.3, -0.25) is 4.79 Å². The average Bonchev–Trinajstić information content (AvgIpc) is 2.75. The molecule has 0 bridgehead atoms. The highest BCUT2D eigenvalue weighted by atomic mass is 32.2. The lowest BCUT2D eigenvalue weighted by atomic mass is 9.98. The number of hydrogen-bond donors (Lipinski definition) is 1. The lowest BCUT2D eigenvalue weighted by molar-refractivity contribution is -0.120. The number of carbonyl (C=O) groups is 1. The van der Waals surface area contributed by atoms with E-state index < -0.39 is 15.9 Å². The van der Waals surface area contributed by atoms with Crippen LogP contribution in [0.5, 0.6) is 11.5 Å². The van der Waals surface area contributed by atoms with Gasteiger partial charge < -0.3 is 14.8 Å². The number of nitrogens with one attached hydrogen (secondary N) is 1. The van der Waals surface area contributed by atoms with Crippen LogP contribution in [0.3, 0.4) is 0 Å². The van der Waals surface area contributed by atoms with Gasteiger partial charge in [0.2, 0.25) is 15.9 Å². The zero-order valence-corrected chi connectivity index (χ0v) is 18.6. The summed E-state index contributed by atoms with van der Waals surface area (Å²) in [6, 6.07) is 10.3. The Morgan fingerprint density at radius 1 is 1.07 bits per heavy atom. The predicted molar refractivity (Wildman–Crippen MR) is 116 cm³/mol. The molecular weight excluding hydrogens is 404 g/mol. The number of rotatable bonds is 6. The van der Waals surface area contributed by atoms with Crippen molar-refractivity contribution in [3.05, 3.63) is 47.5 Å². The molecule has 162 valence electrons. The van der Waals surface area contributed by atoms with E-state index in [4.69, 9.17) is 9.47 Å². The van der Waals surface area contributed by atoms with Gasteiger partial charge in [0.05, 0.1) is 25.0 Å². The van der Waals surface area contributed by atoms with Crippen LogP contribution in [0, 0.1) is 19.8 Å². The number of sulfonamides is 1. The van der Waals surface area contributed by atoms with Gasteiger partial charge in [-0.2, -0.15) is 4.31 Å². The topological polar surface area (TPSA) is 84.9 Å². The number of para-hydroxylation sites is 1. The molecule has 1 saturated heterocycles. The fourth-order valence-corrected chi connectivity index (χ4v) is 5.28. The molecule has 30 heavy (non-hydrogen) atoms. The van der Waals surface area contributed by atoms with Gasteiger partial charge in [0.1, 0.15) is 0 Å². The largest absolute Gasteiger partial charge is 0.493 e. The first kappa shape index (κ1) is 22.1. The van der Waals surface area contributed by atoms with Crippen molar-refractivity contribution < 1.29 is 22.7 Å². The lowest BCUT2D eigenvalue weighted by Crippen LogP contribution is -2.43. The van der Waals surface area contributed by atoms with E-state index in [2.05, 4.69) is 5.32 Å². The second-order valence-corrected chi connectivity index (χ2v) is 9.41. The Morgan fingerprint density at radius 3 is 2.37 bits per heavy atom. The summed E-state index contributed by atoms with van der Waals surface area (Å²) in [6.07, 6.45) is 1.27. The number of benzene rings is 2. The summed E-state index contributed by atoms with van der Waals surface area (Å²) in [5, 5.41) is 3.00. The Bertz CT molecular complexity index is 1020. The lowest BCUT2D eigenvalue weighted by Gasteiger charge is -2.31. The number of ether oxygens (including phenoxy) is 2. The van der Waals surface area contributed by atoms with Crippen molar-refractivity contribution in [3.63, 3.8) is 0 Å². The van der Waals surface area contributed by atoms with E-state index in [-0.39, 0.29) is 17.3 Å². The summed E-state index contributed by atoms with van der Waals surface area (Å²) in [4.78, 5) is 13.0. The van der Waals surface area contributed by atoms with Crippen LogP contribution in [0.1, 0.15) is 24.0 Å². The molecule has 2 aromatic rings. The maximum atomic E-state index is 13.2. The van der Waals surface area contributed by atoms with E-state index in [1.54, 1.807) is 6.07 Å². The predicted octanol–water partition coefficient (Wildman–Crippen LogP) is 3.36. The fourth-order valence-electron chi connectivity index (χ4n) is 3.74. The maximum absolute atomic E-state index is 13.2. The van der Waals surface area contributed by atoms with E-state index in [0.717, 1.165) is 16.8 Å². The van der Waals surface area contributed by atoms with Gasteiger partial charge in [-0.25, -0.2) is 8.42 Å². The van der Waals surface area contributed by atoms with Gasteiger partial charge in [-0.15, -0.1) is 0 Å². The van der Waals surface area contributed by atoms with E-state index in [1.807, 2.05) is 32.0 Å². The standard InChI is InChI=1S/C22H28N2O5S/c1-15-7-5-8-16(2)21(15)23-22(25)17-9-6-12-24(14-17)30(26,27)18-10-11-19(28-3)20(13-18)29-4/h5,7-8,10-11,13,17H,6,9,12,14H2,1-4H3,(H,23,25)/t17-/m1/s1. The van der Waals surface area contributed by atoms with Crippen molar-refractivity contribution in [2.45, 2.75) is 31.6 Å². The number of aryl methyl sites for hydroxylation is 2. The normalized spacial score (nSPS) is 17.4. The summed E-state index contributed by atoms with van der Waals surface area (Å²) >= 11 is 0. The van der Waals surface area contributed by atoms with E-state index in [0.29, 0.717) is 30.9 Å². The van der Waals surface area contributed by atoms with Crippen molar-refractivity contribution in [1.82, 2.24) is 4.31 Å². The van der Waals surface area contributed by atoms with E-state index >= 15 is 0 Å². The molecule has 1 aliphatic rings. The highest BCUT2D eigenvalue weighted by Gasteiger charge is 2.34. The van der Waals surface area contributed by atoms with Crippen LogP contribution in [0.2, 0.25) is 0 Å². The highest BCUT2D eigenvalue weighted by Crippen LogP contribution is 2.32. The molecule has 0 saturated carbocycles. The van der Waals surface area contributed by atoms with Gasteiger partial charge in [-0.05, 0) is 49.9 Å². The quantitative estimate of drug-likeness (QED) is 0.757. The summed E-state index contributed by atoms with van der Waals surface area (Å²) in [5.74, 6) is 0.244. The third-order valence-electron chi connectivity index (χ3n) is 5.48. The summed E-state index contributed by atoms with van der Waals surface area (Å²) in [6.45, 7) is 4.41. The Balaban J connectivity index is 1.79. The number of carbonyl (C=O) groups excluding carboxylic acids is 1.